The zero-order valence-corrected chi connectivity index (χ0v) is 9.09. The number of hydrogen-bond donors (Lipinski definition) is 1. The van der Waals surface area contributed by atoms with Crippen molar-refractivity contribution in [2.24, 2.45) is 0 Å². The molecule has 1 aromatic rings. The molecule has 0 spiro atoms. The lowest BCUT2D eigenvalue weighted by atomic mass is 10.2. The van der Waals surface area contributed by atoms with Gasteiger partial charge in [0, 0.05) is 38.3 Å². The molecule has 1 N–H and O–H groups in total. The van der Waals surface area contributed by atoms with Crippen LogP contribution in [0.1, 0.15) is 0 Å². The number of ether oxygens (including phenoxy) is 1. The average molecular weight is 228 g/mol. The van der Waals surface area contributed by atoms with Gasteiger partial charge in [0.05, 0.1) is 12.8 Å². The van der Waals surface area contributed by atoms with Gasteiger partial charge in [-0.15, -0.1) is 0 Å². The minimum atomic E-state index is -0.656. The van der Waals surface area contributed by atoms with Gasteiger partial charge in [-0.25, -0.2) is 8.78 Å². The molecule has 0 amide bonds. The topological polar surface area (TPSA) is 24.5 Å². The summed E-state index contributed by atoms with van der Waals surface area (Å²) in [5.41, 5.74) is 0.488. The molecule has 0 aliphatic carbocycles. The van der Waals surface area contributed by atoms with Crippen molar-refractivity contribution in [2.45, 2.75) is 0 Å². The monoisotopic (exact) mass is 228 g/mol. The van der Waals surface area contributed by atoms with Crippen LogP contribution in [0.5, 0.6) is 5.75 Å². The molecular formula is C11H14F2N2O. The summed E-state index contributed by atoms with van der Waals surface area (Å²) in [5, 5.41) is 3.18. The van der Waals surface area contributed by atoms with Gasteiger partial charge in [-0.3, -0.25) is 0 Å². The smallest absolute Gasteiger partial charge is 0.178 e. The first kappa shape index (κ1) is 11.1. The predicted molar refractivity (Wildman–Crippen MR) is 58.0 cm³/mol. The standard InChI is InChI=1S/C11H14F2N2O/c1-16-11-9(13)6-8(12)7-10(11)15-4-2-14-3-5-15/h6-7,14H,2-5H2,1H3. The summed E-state index contributed by atoms with van der Waals surface area (Å²) in [5.74, 6) is -1.12. The first-order valence-corrected chi connectivity index (χ1v) is 5.21. The third-order valence-corrected chi connectivity index (χ3v) is 2.65. The second-order valence-electron chi connectivity index (χ2n) is 3.68. The third-order valence-electron chi connectivity index (χ3n) is 2.65. The van der Waals surface area contributed by atoms with Crippen LogP contribution in [0.15, 0.2) is 12.1 Å². The number of rotatable bonds is 2. The van der Waals surface area contributed by atoms with Crippen LogP contribution in [-0.2, 0) is 0 Å². The van der Waals surface area contributed by atoms with Crippen LogP contribution in [0, 0.1) is 11.6 Å². The van der Waals surface area contributed by atoms with E-state index in [1.54, 1.807) is 0 Å². The first-order chi connectivity index (χ1) is 7.72. The number of methoxy groups -OCH3 is 1. The van der Waals surface area contributed by atoms with Crippen LogP contribution >= 0.6 is 0 Å². The van der Waals surface area contributed by atoms with E-state index in [1.165, 1.54) is 13.2 Å². The average Bonchev–Trinajstić information content (AvgIpc) is 2.29. The molecule has 2 rings (SSSR count). The van der Waals surface area contributed by atoms with Crippen molar-refractivity contribution in [1.82, 2.24) is 5.32 Å². The third kappa shape index (κ3) is 2.09. The van der Waals surface area contributed by atoms with E-state index in [4.69, 9.17) is 4.74 Å². The summed E-state index contributed by atoms with van der Waals surface area (Å²) in [6.45, 7) is 3.06. The fourth-order valence-corrected chi connectivity index (χ4v) is 1.89. The molecule has 0 unspecified atom stereocenters. The van der Waals surface area contributed by atoms with Gasteiger partial charge in [0.25, 0.3) is 0 Å². The second-order valence-corrected chi connectivity index (χ2v) is 3.68. The molecule has 0 bridgehead atoms. The highest BCUT2D eigenvalue weighted by Crippen LogP contribution is 2.32. The van der Waals surface area contributed by atoms with Crippen molar-refractivity contribution in [3.63, 3.8) is 0 Å². The minimum absolute atomic E-state index is 0.114. The SMILES string of the molecule is COc1c(F)cc(F)cc1N1CCNCC1. The molecule has 5 heteroatoms. The maximum absolute atomic E-state index is 13.5. The maximum Gasteiger partial charge on any atom is 0.178 e. The van der Waals surface area contributed by atoms with Crippen molar-refractivity contribution in [1.29, 1.82) is 0 Å². The Labute approximate surface area is 93.0 Å². The summed E-state index contributed by atoms with van der Waals surface area (Å²) >= 11 is 0. The summed E-state index contributed by atoms with van der Waals surface area (Å²) < 4.78 is 31.6. The van der Waals surface area contributed by atoms with Crippen LogP contribution in [-0.4, -0.2) is 33.3 Å². The van der Waals surface area contributed by atoms with E-state index in [-0.39, 0.29) is 5.75 Å². The summed E-state index contributed by atoms with van der Waals surface area (Å²) in [6, 6.07) is 2.15. The fraction of sp³-hybridized carbons (Fsp3) is 0.455. The highest BCUT2D eigenvalue weighted by Gasteiger charge is 2.19. The Balaban J connectivity index is 2.36. The lowest BCUT2D eigenvalue weighted by molar-refractivity contribution is 0.382. The first-order valence-electron chi connectivity index (χ1n) is 5.21. The lowest BCUT2D eigenvalue weighted by Gasteiger charge is -2.30. The van der Waals surface area contributed by atoms with Crippen LogP contribution in [0.3, 0.4) is 0 Å². The molecule has 1 fully saturated rings. The van der Waals surface area contributed by atoms with Crippen LogP contribution in [0.25, 0.3) is 0 Å². The van der Waals surface area contributed by atoms with Gasteiger partial charge < -0.3 is 15.0 Å². The van der Waals surface area contributed by atoms with Gasteiger partial charge in [0.2, 0.25) is 0 Å². The molecule has 0 saturated carbocycles. The van der Waals surface area contributed by atoms with E-state index in [9.17, 15) is 8.78 Å². The molecule has 1 saturated heterocycles. The number of anilines is 1. The minimum Gasteiger partial charge on any atom is -0.492 e. The lowest BCUT2D eigenvalue weighted by Crippen LogP contribution is -2.43. The number of benzene rings is 1. The van der Waals surface area contributed by atoms with E-state index in [2.05, 4.69) is 5.32 Å². The van der Waals surface area contributed by atoms with Crippen LogP contribution < -0.4 is 15.0 Å². The van der Waals surface area contributed by atoms with E-state index in [0.717, 1.165) is 32.2 Å². The molecule has 1 aliphatic rings. The van der Waals surface area contributed by atoms with Gasteiger partial charge in [0.15, 0.2) is 11.6 Å². The van der Waals surface area contributed by atoms with E-state index >= 15 is 0 Å². The van der Waals surface area contributed by atoms with E-state index in [0.29, 0.717) is 5.69 Å². The Morgan fingerprint density at radius 2 is 1.94 bits per heavy atom. The van der Waals surface area contributed by atoms with Gasteiger partial charge in [0.1, 0.15) is 5.82 Å². The Bertz CT molecular complexity index is 378. The van der Waals surface area contributed by atoms with E-state index in [1.807, 2.05) is 4.90 Å². The summed E-state index contributed by atoms with van der Waals surface area (Å²) in [4.78, 5) is 1.92. The van der Waals surface area contributed by atoms with Gasteiger partial charge in [-0.2, -0.15) is 0 Å². The molecule has 1 heterocycles. The molecule has 1 aliphatic heterocycles. The Morgan fingerprint density at radius 1 is 1.25 bits per heavy atom. The predicted octanol–water partition coefficient (Wildman–Crippen LogP) is 1.38. The van der Waals surface area contributed by atoms with E-state index < -0.39 is 11.6 Å². The van der Waals surface area contributed by atoms with Gasteiger partial charge in [-0.1, -0.05) is 0 Å². The second kappa shape index (κ2) is 4.65. The largest absolute Gasteiger partial charge is 0.492 e. The normalized spacial score (nSPS) is 16.3. The number of nitrogens with zero attached hydrogens (tertiary/aromatic N) is 1. The Morgan fingerprint density at radius 3 is 2.56 bits per heavy atom. The van der Waals surface area contributed by atoms with Crippen molar-refractivity contribution < 1.29 is 13.5 Å². The highest BCUT2D eigenvalue weighted by molar-refractivity contribution is 5.59. The molecule has 0 radical (unpaired) electrons. The van der Waals surface area contributed by atoms with Crippen molar-refractivity contribution in [2.75, 3.05) is 38.2 Å². The van der Waals surface area contributed by atoms with Crippen molar-refractivity contribution >= 4 is 5.69 Å². The molecule has 1 aromatic carbocycles. The zero-order chi connectivity index (χ0) is 11.5. The van der Waals surface area contributed by atoms with Gasteiger partial charge >= 0.3 is 0 Å². The van der Waals surface area contributed by atoms with Gasteiger partial charge in [-0.05, 0) is 0 Å². The molecule has 16 heavy (non-hydrogen) atoms. The Hall–Kier alpha value is -1.36. The summed E-state index contributed by atoms with van der Waals surface area (Å²) in [6.07, 6.45) is 0. The van der Waals surface area contributed by atoms with Crippen molar-refractivity contribution in [3.05, 3.63) is 23.8 Å². The molecule has 0 aromatic heterocycles. The van der Waals surface area contributed by atoms with Crippen molar-refractivity contribution in [3.8, 4) is 5.75 Å². The highest BCUT2D eigenvalue weighted by atomic mass is 19.1. The number of piperazine rings is 1. The Kier molecular flexibility index (Phi) is 3.24. The van der Waals surface area contributed by atoms with Crippen LogP contribution in [0.2, 0.25) is 0 Å². The number of hydrogen-bond acceptors (Lipinski definition) is 3. The quantitative estimate of drug-likeness (QED) is 0.827. The maximum atomic E-state index is 13.5. The number of halogens is 2. The fourth-order valence-electron chi connectivity index (χ4n) is 1.89. The molecular weight excluding hydrogens is 214 g/mol. The summed E-state index contributed by atoms with van der Waals surface area (Å²) in [7, 11) is 1.39. The molecule has 88 valence electrons. The molecule has 3 nitrogen and oxygen atoms in total. The zero-order valence-electron chi connectivity index (χ0n) is 9.09. The van der Waals surface area contributed by atoms with Crippen LogP contribution in [0.4, 0.5) is 14.5 Å². The number of nitrogens with one attached hydrogen (secondary N) is 1. The molecule has 0 atom stereocenters.